The van der Waals surface area contributed by atoms with Crippen LogP contribution in [-0.2, 0) is 65.4 Å². The summed E-state index contributed by atoms with van der Waals surface area (Å²) in [6.45, 7) is 4.44. The lowest BCUT2D eigenvalue weighted by molar-refractivity contribution is -0.161. The van der Waals surface area contributed by atoms with Gasteiger partial charge in [-0.05, 0) is 180 Å². The predicted octanol–water partition coefficient (Wildman–Crippen LogP) is 25.7. The normalized spacial score (nSPS) is 14.7. The second kappa shape index (κ2) is 82.9. The van der Waals surface area contributed by atoms with Gasteiger partial charge in [-0.2, -0.15) is 0 Å². The average molecular weight is 1600 g/mol. The molecule has 5 atom stereocenters. The summed E-state index contributed by atoms with van der Waals surface area (Å²) in [6, 6.07) is 0. The van der Waals surface area contributed by atoms with Gasteiger partial charge in [0.15, 0.2) is 12.2 Å². The predicted molar refractivity (Wildman–Crippen MR) is 463 cm³/mol. The summed E-state index contributed by atoms with van der Waals surface area (Å²) in [6.07, 6.45) is 103. The number of unbranched alkanes of at least 4 members (excludes halogenated alkanes) is 20. The monoisotopic (exact) mass is 1600 g/mol. The maximum absolute atomic E-state index is 13.1. The first-order valence-electron chi connectivity index (χ1n) is 42.7. The second-order valence-electron chi connectivity index (χ2n) is 27.6. The van der Waals surface area contributed by atoms with Crippen molar-refractivity contribution in [1.29, 1.82) is 0 Å². The van der Waals surface area contributed by atoms with Gasteiger partial charge in [0.05, 0.1) is 26.4 Å². The van der Waals surface area contributed by atoms with Gasteiger partial charge in [0.2, 0.25) is 0 Å². The summed E-state index contributed by atoms with van der Waals surface area (Å²) in [4.78, 5) is 73.2. The Morgan fingerprint density at radius 1 is 0.259 bits per heavy atom. The number of ether oxygens (including phenoxy) is 4. The zero-order valence-electron chi connectivity index (χ0n) is 69.5. The third-order valence-electron chi connectivity index (χ3n) is 17.0. The standard InChI is InChI=1S/C93H150O17P2/c1-5-9-13-17-21-25-29-33-37-40-43-46-50-53-57-61-65-69-73-77-90(95)103-83-88(109-92(97)79-75-71-67-63-59-55-49-36-32-28-24-20-16-12-8-4)85-107-111(99,100)105-81-87(94)82-106-112(101,102)108-86-89(110-93(98)80-76-72-68-64-60-56-52-48-45-42-39-35-31-27-23-19-15-11-7-3)84-104-91(96)78-74-70-66-62-58-54-51-47-44-41-38-34-30-26-22-18-14-10-6-2/h9,11,13,15,21-23,25-27,33-39,43-49,53-54,56-58,60,66,70,87-89,94H,5-8,10,12,14,16-20,24,28-32,40-42,50-52,55,59,61-65,67-69,71-86H2,1-4H3,(H,99,100)(H,101,102)/b13-9-,15-11-,25-21-,26-22-,27-23-,37-33-,38-34-,39-35-,46-43-,47-44-,48-45-,49-36-,57-53-,58-54-,60-56-,70-66-/t87-,88-,89-/m1/s1. The smallest absolute Gasteiger partial charge is 0.462 e. The molecule has 0 fully saturated rings. The number of allylic oxidation sites excluding steroid dienone is 32. The molecule has 0 aliphatic heterocycles. The number of aliphatic hydroxyl groups is 1. The molecule has 0 aromatic carbocycles. The summed E-state index contributed by atoms with van der Waals surface area (Å²) >= 11 is 0. The minimum atomic E-state index is -5.02. The Bertz CT molecular complexity index is 2890. The van der Waals surface area contributed by atoms with Crippen molar-refractivity contribution in [1.82, 2.24) is 0 Å². The molecule has 3 N–H and O–H groups in total. The fourth-order valence-electron chi connectivity index (χ4n) is 10.6. The highest BCUT2D eigenvalue weighted by molar-refractivity contribution is 7.47. The van der Waals surface area contributed by atoms with Gasteiger partial charge in [-0.3, -0.25) is 37.3 Å². The SMILES string of the molecule is CC/C=C\C/C=C\C/C=C\C/C=C\C/C=C\CCCCCC(=O)OC[C@H](COP(=O)(O)OC[C@@H](O)COP(=O)(O)OC[C@@H](COC(=O)CC/C=C\C/C=C\C/C=C\C/C=C\C/C=C\CCCCC)OC(=O)CCCCC/C=C\C/C=C\C/C=C\C/C=C\C/C=C\CC)OC(=O)CCCCCCC/C=C\CCCCCCCC. The lowest BCUT2D eigenvalue weighted by Gasteiger charge is -2.21. The number of aliphatic hydroxyl groups excluding tert-OH is 1. The molecule has 0 aromatic rings. The molecule has 0 radical (unpaired) electrons. The van der Waals surface area contributed by atoms with Crippen molar-refractivity contribution in [3.63, 3.8) is 0 Å². The number of carbonyl (C=O) groups excluding carboxylic acids is 4. The van der Waals surface area contributed by atoms with Gasteiger partial charge in [0.25, 0.3) is 0 Å². The first-order chi connectivity index (χ1) is 54.7. The minimum absolute atomic E-state index is 0.0221. The van der Waals surface area contributed by atoms with E-state index in [0.29, 0.717) is 32.1 Å². The molecule has 0 heterocycles. The molecule has 0 aliphatic rings. The fourth-order valence-corrected chi connectivity index (χ4v) is 12.2. The molecule has 17 nitrogen and oxygen atoms in total. The van der Waals surface area contributed by atoms with Gasteiger partial charge < -0.3 is 33.8 Å². The van der Waals surface area contributed by atoms with Crippen molar-refractivity contribution < 1.29 is 80.2 Å². The topological polar surface area (TPSA) is 237 Å². The van der Waals surface area contributed by atoms with Crippen LogP contribution in [0.25, 0.3) is 0 Å². The summed E-state index contributed by atoms with van der Waals surface area (Å²) < 4.78 is 68.7. The Kier molecular flexibility index (Phi) is 78.4. The Hall–Kier alpha value is -6.10. The minimum Gasteiger partial charge on any atom is -0.462 e. The number of phosphoric ester groups is 2. The lowest BCUT2D eigenvalue weighted by Crippen LogP contribution is -2.30. The Balaban J connectivity index is 5.54. The molecule has 0 aromatic heterocycles. The van der Waals surface area contributed by atoms with Crippen LogP contribution in [0.15, 0.2) is 194 Å². The molecule has 0 rings (SSSR count). The third kappa shape index (κ3) is 81.9. The van der Waals surface area contributed by atoms with Crippen LogP contribution in [0, 0.1) is 0 Å². The average Bonchev–Trinajstić information content (AvgIpc) is 0.898. The van der Waals surface area contributed by atoms with Crippen LogP contribution in [0.2, 0.25) is 0 Å². The molecule has 0 aliphatic carbocycles. The molecule has 0 saturated carbocycles. The fraction of sp³-hybridized carbons (Fsp3) is 0.613. The van der Waals surface area contributed by atoms with Gasteiger partial charge in [0.1, 0.15) is 19.3 Å². The van der Waals surface area contributed by atoms with Crippen molar-refractivity contribution in [2.45, 2.75) is 329 Å². The molecule has 0 saturated heterocycles. The first kappa shape index (κ1) is 106. The van der Waals surface area contributed by atoms with Gasteiger partial charge in [-0.25, -0.2) is 9.13 Å². The lowest BCUT2D eigenvalue weighted by atomic mass is 10.1. The summed E-state index contributed by atoms with van der Waals surface area (Å²) in [5, 5.41) is 10.7. The van der Waals surface area contributed by atoms with Crippen LogP contribution in [0.1, 0.15) is 310 Å². The van der Waals surface area contributed by atoms with E-state index in [1.807, 2.05) is 18.2 Å². The number of rotatable bonds is 78. The Labute approximate surface area is 678 Å². The maximum Gasteiger partial charge on any atom is 0.472 e. The van der Waals surface area contributed by atoms with E-state index >= 15 is 0 Å². The van der Waals surface area contributed by atoms with E-state index in [4.69, 9.17) is 37.0 Å². The van der Waals surface area contributed by atoms with Crippen LogP contribution in [0.4, 0.5) is 0 Å². The number of hydrogen-bond donors (Lipinski definition) is 3. The zero-order valence-corrected chi connectivity index (χ0v) is 71.3. The van der Waals surface area contributed by atoms with E-state index in [-0.39, 0.29) is 25.7 Å². The number of phosphoric acid groups is 2. The first-order valence-corrected chi connectivity index (χ1v) is 45.7. The second-order valence-corrected chi connectivity index (χ2v) is 30.6. The molecule has 0 spiro atoms. The quantitative estimate of drug-likeness (QED) is 0.0169. The highest BCUT2D eigenvalue weighted by Crippen LogP contribution is 2.45. The zero-order chi connectivity index (χ0) is 81.7. The number of hydrogen-bond acceptors (Lipinski definition) is 15. The van der Waals surface area contributed by atoms with E-state index in [1.54, 1.807) is 0 Å². The van der Waals surface area contributed by atoms with Crippen molar-refractivity contribution >= 4 is 39.5 Å². The van der Waals surface area contributed by atoms with Crippen LogP contribution in [0.5, 0.6) is 0 Å². The van der Waals surface area contributed by atoms with Crippen molar-refractivity contribution in [2.75, 3.05) is 39.6 Å². The molecule has 19 heteroatoms. The summed E-state index contributed by atoms with van der Waals surface area (Å²) in [7, 11) is -10.0. The summed E-state index contributed by atoms with van der Waals surface area (Å²) in [5.74, 6) is -2.37. The molecular weight excluding hydrogens is 1450 g/mol. The van der Waals surface area contributed by atoms with Crippen LogP contribution in [-0.4, -0.2) is 96.7 Å². The van der Waals surface area contributed by atoms with E-state index in [2.05, 4.69) is 204 Å². The highest BCUT2D eigenvalue weighted by atomic mass is 31.2. The largest absolute Gasteiger partial charge is 0.472 e. The molecular formula is C93H150O17P2. The number of carbonyl (C=O) groups is 4. The van der Waals surface area contributed by atoms with Gasteiger partial charge in [0, 0.05) is 25.7 Å². The van der Waals surface area contributed by atoms with E-state index in [9.17, 15) is 43.2 Å². The van der Waals surface area contributed by atoms with E-state index in [0.717, 1.165) is 167 Å². The highest BCUT2D eigenvalue weighted by Gasteiger charge is 2.30. The van der Waals surface area contributed by atoms with Crippen LogP contribution < -0.4 is 0 Å². The molecule has 2 unspecified atom stereocenters. The van der Waals surface area contributed by atoms with Crippen molar-refractivity contribution in [2.24, 2.45) is 0 Å². The maximum atomic E-state index is 13.1. The van der Waals surface area contributed by atoms with E-state index < -0.39 is 97.5 Å². The van der Waals surface area contributed by atoms with E-state index in [1.165, 1.54) is 57.8 Å². The number of esters is 4. The summed E-state index contributed by atoms with van der Waals surface area (Å²) in [5.41, 5.74) is 0. The van der Waals surface area contributed by atoms with Gasteiger partial charge >= 0.3 is 39.5 Å². The van der Waals surface area contributed by atoms with Gasteiger partial charge in [-0.1, -0.05) is 299 Å². The van der Waals surface area contributed by atoms with Gasteiger partial charge in [-0.15, -0.1) is 0 Å². The van der Waals surface area contributed by atoms with Crippen LogP contribution >= 0.6 is 15.6 Å². The molecule has 634 valence electrons. The molecule has 112 heavy (non-hydrogen) atoms. The third-order valence-corrected chi connectivity index (χ3v) is 18.9. The Morgan fingerprint density at radius 2 is 0.482 bits per heavy atom. The van der Waals surface area contributed by atoms with Crippen molar-refractivity contribution in [3.05, 3.63) is 194 Å². The molecule has 0 amide bonds. The van der Waals surface area contributed by atoms with Crippen molar-refractivity contribution in [3.8, 4) is 0 Å². The molecule has 0 bridgehead atoms. The Morgan fingerprint density at radius 3 is 0.804 bits per heavy atom. The van der Waals surface area contributed by atoms with Crippen LogP contribution in [0.3, 0.4) is 0 Å².